The SMILES string of the molecule is COc1cc2c(c3c1c1c(CC(N)=O)cccc1n3Cc1ccccc1)CCCC2. The highest BCUT2D eigenvalue weighted by Gasteiger charge is 2.24. The second-order valence-electron chi connectivity index (χ2n) is 8.17. The van der Waals surface area contributed by atoms with Crippen LogP contribution in [0.3, 0.4) is 0 Å². The number of amides is 1. The lowest BCUT2D eigenvalue weighted by atomic mass is 9.89. The molecule has 0 unspecified atom stereocenters. The normalized spacial score (nSPS) is 13.5. The van der Waals surface area contributed by atoms with Crippen molar-refractivity contribution in [3.05, 3.63) is 76.9 Å². The first-order valence-corrected chi connectivity index (χ1v) is 10.6. The topological polar surface area (TPSA) is 57.2 Å². The van der Waals surface area contributed by atoms with Crippen LogP contribution in [-0.4, -0.2) is 17.6 Å². The van der Waals surface area contributed by atoms with Crippen molar-refractivity contribution >= 4 is 27.7 Å². The van der Waals surface area contributed by atoms with Crippen LogP contribution in [0.25, 0.3) is 21.8 Å². The molecule has 0 saturated carbocycles. The van der Waals surface area contributed by atoms with Gasteiger partial charge in [0, 0.05) is 17.4 Å². The summed E-state index contributed by atoms with van der Waals surface area (Å²) < 4.78 is 8.31. The second-order valence-corrected chi connectivity index (χ2v) is 8.17. The van der Waals surface area contributed by atoms with Gasteiger partial charge in [0.05, 0.1) is 24.4 Å². The summed E-state index contributed by atoms with van der Waals surface area (Å²) in [5.41, 5.74) is 13.0. The molecule has 0 fully saturated rings. The number of carbonyl (C=O) groups excluding carboxylic acids is 1. The van der Waals surface area contributed by atoms with Crippen LogP contribution < -0.4 is 10.5 Å². The minimum Gasteiger partial charge on any atom is -0.496 e. The molecule has 0 aliphatic heterocycles. The maximum Gasteiger partial charge on any atom is 0.221 e. The summed E-state index contributed by atoms with van der Waals surface area (Å²) in [7, 11) is 1.74. The molecular weight excluding hydrogens is 372 g/mol. The van der Waals surface area contributed by atoms with E-state index in [0.29, 0.717) is 0 Å². The Kier molecular flexibility index (Phi) is 4.70. The van der Waals surface area contributed by atoms with Crippen LogP contribution in [-0.2, 0) is 30.6 Å². The molecule has 1 aromatic heterocycles. The Balaban J connectivity index is 1.91. The van der Waals surface area contributed by atoms with Crippen molar-refractivity contribution < 1.29 is 9.53 Å². The van der Waals surface area contributed by atoms with E-state index in [9.17, 15) is 4.79 Å². The highest BCUT2D eigenvalue weighted by Crippen LogP contribution is 2.43. The summed E-state index contributed by atoms with van der Waals surface area (Å²) in [5.74, 6) is 0.572. The summed E-state index contributed by atoms with van der Waals surface area (Å²) in [6, 6.07) is 18.9. The molecule has 30 heavy (non-hydrogen) atoms. The Morgan fingerprint density at radius 3 is 2.60 bits per heavy atom. The predicted molar refractivity (Wildman–Crippen MR) is 121 cm³/mol. The van der Waals surface area contributed by atoms with Gasteiger partial charge in [-0.15, -0.1) is 0 Å². The lowest BCUT2D eigenvalue weighted by Gasteiger charge is -2.20. The maximum atomic E-state index is 11.8. The van der Waals surface area contributed by atoms with Crippen LogP contribution in [0, 0.1) is 0 Å². The summed E-state index contributed by atoms with van der Waals surface area (Å²) in [6.07, 6.45) is 4.81. The Morgan fingerprint density at radius 1 is 1.03 bits per heavy atom. The van der Waals surface area contributed by atoms with Gasteiger partial charge in [-0.3, -0.25) is 4.79 Å². The van der Waals surface area contributed by atoms with Gasteiger partial charge < -0.3 is 15.0 Å². The second kappa shape index (κ2) is 7.52. The third-order valence-corrected chi connectivity index (χ3v) is 6.29. The van der Waals surface area contributed by atoms with Gasteiger partial charge in [-0.25, -0.2) is 0 Å². The number of hydrogen-bond donors (Lipinski definition) is 1. The largest absolute Gasteiger partial charge is 0.496 e. The van der Waals surface area contributed by atoms with Crippen molar-refractivity contribution in [1.29, 1.82) is 0 Å². The molecule has 0 saturated heterocycles. The average Bonchev–Trinajstić information content (AvgIpc) is 3.09. The van der Waals surface area contributed by atoms with E-state index in [1.165, 1.54) is 35.0 Å². The van der Waals surface area contributed by atoms with Crippen LogP contribution in [0.5, 0.6) is 5.75 Å². The van der Waals surface area contributed by atoms with Crippen molar-refractivity contribution in [2.75, 3.05) is 7.11 Å². The number of hydrogen-bond acceptors (Lipinski definition) is 2. The maximum absolute atomic E-state index is 11.8. The zero-order valence-corrected chi connectivity index (χ0v) is 17.3. The Morgan fingerprint density at radius 2 is 1.83 bits per heavy atom. The first-order chi connectivity index (χ1) is 14.7. The van der Waals surface area contributed by atoms with Crippen LogP contribution in [0.4, 0.5) is 0 Å². The van der Waals surface area contributed by atoms with E-state index in [4.69, 9.17) is 10.5 Å². The first kappa shape index (κ1) is 18.7. The van der Waals surface area contributed by atoms with Gasteiger partial charge in [0.2, 0.25) is 5.91 Å². The fourth-order valence-electron chi connectivity index (χ4n) is 5.04. The van der Waals surface area contributed by atoms with Gasteiger partial charge in [0.15, 0.2) is 0 Å². The number of methoxy groups -OCH3 is 1. The van der Waals surface area contributed by atoms with Gasteiger partial charge in [-0.2, -0.15) is 0 Å². The number of aromatic nitrogens is 1. The number of aryl methyl sites for hydroxylation is 2. The van der Waals surface area contributed by atoms with Crippen LogP contribution in [0.2, 0.25) is 0 Å². The van der Waals surface area contributed by atoms with Crippen molar-refractivity contribution in [3.63, 3.8) is 0 Å². The van der Waals surface area contributed by atoms with E-state index in [1.807, 2.05) is 18.2 Å². The van der Waals surface area contributed by atoms with Crippen molar-refractivity contribution in [1.82, 2.24) is 4.57 Å². The lowest BCUT2D eigenvalue weighted by Crippen LogP contribution is -2.13. The smallest absolute Gasteiger partial charge is 0.221 e. The molecule has 2 N–H and O–H groups in total. The predicted octanol–water partition coefficient (Wildman–Crippen LogP) is 4.76. The van der Waals surface area contributed by atoms with Gasteiger partial charge in [0.1, 0.15) is 5.75 Å². The number of benzene rings is 3. The molecule has 1 heterocycles. The van der Waals surface area contributed by atoms with Crippen LogP contribution in [0.15, 0.2) is 54.6 Å². The number of nitrogens with zero attached hydrogens (tertiary/aromatic N) is 1. The fourth-order valence-corrected chi connectivity index (χ4v) is 5.04. The Labute approximate surface area is 176 Å². The molecule has 0 bridgehead atoms. The average molecular weight is 399 g/mol. The van der Waals surface area contributed by atoms with E-state index in [1.54, 1.807) is 7.11 Å². The van der Waals surface area contributed by atoms with Crippen molar-refractivity contribution in [2.24, 2.45) is 5.73 Å². The Bertz CT molecular complexity index is 1250. The highest BCUT2D eigenvalue weighted by molar-refractivity contribution is 6.14. The molecule has 4 aromatic rings. The molecule has 0 atom stereocenters. The minimum absolute atomic E-state index is 0.224. The molecule has 1 amide bonds. The zero-order valence-electron chi connectivity index (χ0n) is 17.3. The molecule has 1 aliphatic carbocycles. The fraction of sp³-hybridized carbons (Fsp3) is 0.269. The molecule has 0 radical (unpaired) electrons. The summed E-state index contributed by atoms with van der Waals surface area (Å²) in [6.45, 7) is 0.778. The van der Waals surface area contributed by atoms with Gasteiger partial charge >= 0.3 is 0 Å². The first-order valence-electron chi connectivity index (χ1n) is 10.6. The van der Waals surface area contributed by atoms with Crippen LogP contribution >= 0.6 is 0 Å². The lowest BCUT2D eigenvalue weighted by molar-refractivity contribution is -0.117. The number of fused-ring (bicyclic) bond motifs is 5. The molecule has 5 rings (SSSR count). The third kappa shape index (κ3) is 3.04. The summed E-state index contributed by atoms with van der Waals surface area (Å²) in [4.78, 5) is 11.8. The van der Waals surface area contributed by atoms with E-state index in [0.717, 1.165) is 47.0 Å². The molecule has 152 valence electrons. The monoisotopic (exact) mass is 398 g/mol. The molecular formula is C26H26N2O2. The van der Waals surface area contributed by atoms with E-state index in [-0.39, 0.29) is 12.3 Å². The number of nitrogens with two attached hydrogens (primary N) is 1. The summed E-state index contributed by atoms with van der Waals surface area (Å²) in [5, 5.41) is 2.20. The number of rotatable bonds is 5. The number of ether oxygens (including phenoxy) is 1. The van der Waals surface area contributed by atoms with E-state index in [2.05, 4.69) is 41.0 Å². The van der Waals surface area contributed by atoms with Crippen molar-refractivity contribution in [2.45, 2.75) is 38.6 Å². The standard InChI is InChI=1S/C26H26N2O2/c1-30-22-14-18-10-5-6-12-20(18)26-25(22)24-19(15-23(27)29)11-7-13-21(24)28(26)16-17-8-3-2-4-9-17/h2-4,7-9,11,13-14H,5-6,10,12,15-16H2,1H3,(H2,27,29). The van der Waals surface area contributed by atoms with Gasteiger partial charge in [-0.05, 0) is 60.1 Å². The van der Waals surface area contributed by atoms with Crippen LogP contribution in [0.1, 0.15) is 35.1 Å². The molecule has 3 aromatic carbocycles. The Hall–Kier alpha value is -3.27. The highest BCUT2D eigenvalue weighted by atomic mass is 16.5. The minimum atomic E-state index is -0.316. The quantitative estimate of drug-likeness (QED) is 0.527. The molecule has 0 spiro atoms. The number of primary amides is 1. The van der Waals surface area contributed by atoms with E-state index >= 15 is 0 Å². The van der Waals surface area contributed by atoms with Gasteiger partial charge in [-0.1, -0.05) is 42.5 Å². The number of carbonyl (C=O) groups is 1. The summed E-state index contributed by atoms with van der Waals surface area (Å²) >= 11 is 0. The molecule has 4 heteroatoms. The third-order valence-electron chi connectivity index (χ3n) is 6.29. The zero-order chi connectivity index (χ0) is 20.7. The van der Waals surface area contributed by atoms with Crippen molar-refractivity contribution in [3.8, 4) is 5.75 Å². The molecule has 4 nitrogen and oxygen atoms in total. The van der Waals surface area contributed by atoms with Gasteiger partial charge in [0.25, 0.3) is 0 Å². The van der Waals surface area contributed by atoms with E-state index < -0.39 is 0 Å². The molecule has 1 aliphatic rings.